The van der Waals surface area contributed by atoms with Gasteiger partial charge in [-0.05, 0) is 42.6 Å². The number of benzene rings is 1. The molecule has 2 aromatic rings. The number of hydrogen-bond acceptors (Lipinski definition) is 4. The Kier molecular flexibility index (Phi) is 3.68. The summed E-state index contributed by atoms with van der Waals surface area (Å²) < 4.78 is 1.99. The van der Waals surface area contributed by atoms with E-state index in [1.54, 1.807) is 4.68 Å². The summed E-state index contributed by atoms with van der Waals surface area (Å²) in [5.41, 5.74) is 1.72. The highest BCUT2D eigenvalue weighted by Gasteiger charge is 2.03. The maximum absolute atomic E-state index is 5.18. The molecule has 2 rings (SSSR count). The summed E-state index contributed by atoms with van der Waals surface area (Å²) in [5, 5.41) is 13.8. The van der Waals surface area contributed by atoms with E-state index in [0.717, 1.165) is 11.4 Å². The second-order valence-electron chi connectivity index (χ2n) is 3.79. The lowest BCUT2D eigenvalue weighted by atomic mass is 10.3. The van der Waals surface area contributed by atoms with Crippen LogP contribution in [0.4, 0.5) is 5.69 Å². The lowest BCUT2D eigenvalue weighted by Crippen LogP contribution is -2.27. The van der Waals surface area contributed by atoms with Crippen molar-refractivity contribution < 1.29 is 0 Å². The first kappa shape index (κ1) is 12.7. The van der Waals surface area contributed by atoms with Gasteiger partial charge in [0.25, 0.3) is 0 Å². The molecule has 0 saturated heterocycles. The first-order valence-electron chi connectivity index (χ1n) is 5.17. The molecule has 18 heavy (non-hydrogen) atoms. The summed E-state index contributed by atoms with van der Waals surface area (Å²) >= 11 is 10.2. The van der Waals surface area contributed by atoms with E-state index in [4.69, 9.17) is 24.4 Å². The van der Waals surface area contributed by atoms with E-state index >= 15 is 0 Å². The zero-order chi connectivity index (χ0) is 13.1. The molecule has 1 aromatic heterocycles. The van der Waals surface area contributed by atoms with Crippen molar-refractivity contribution in [1.29, 1.82) is 0 Å². The Morgan fingerprint density at radius 2 is 2.22 bits per heavy atom. The van der Waals surface area contributed by atoms with Gasteiger partial charge in [-0.25, -0.2) is 4.68 Å². The summed E-state index contributed by atoms with van der Waals surface area (Å²) in [6.45, 7) is 0. The van der Waals surface area contributed by atoms with Crippen molar-refractivity contribution >= 4 is 35.2 Å². The molecule has 0 atom stereocenters. The molecular weight excluding hydrogens is 268 g/mol. The first-order valence-corrected chi connectivity index (χ1v) is 5.98. The van der Waals surface area contributed by atoms with Crippen LogP contribution in [0.25, 0.3) is 5.69 Å². The molecule has 6 nitrogen and oxygen atoms in total. The minimum absolute atomic E-state index is 0.377. The van der Waals surface area contributed by atoms with E-state index in [-0.39, 0.29) is 0 Å². The van der Waals surface area contributed by atoms with Crippen molar-refractivity contribution in [1.82, 2.24) is 25.1 Å². The van der Waals surface area contributed by atoms with E-state index in [1.165, 1.54) is 0 Å². The highest BCUT2D eigenvalue weighted by Crippen LogP contribution is 2.14. The molecule has 2 N–H and O–H groups in total. The molecule has 0 unspecified atom stereocenters. The average Bonchev–Trinajstić information content (AvgIpc) is 2.75. The highest BCUT2D eigenvalue weighted by molar-refractivity contribution is 7.80. The van der Waals surface area contributed by atoms with Gasteiger partial charge in [-0.2, -0.15) is 5.21 Å². The molecule has 0 amide bonds. The zero-order valence-corrected chi connectivity index (χ0v) is 11.5. The topological polar surface area (TPSA) is 61.8 Å². The van der Waals surface area contributed by atoms with Crippen molar-refractivity contribution in [2.75, 3.05) is 19.4 Å². The largest absolute Gasteiger partial charge is 0.355 e. The fourth-order valence-corrected chi connectivity index (χ4v) is 1.63. The van der Waals surface area contributed by atoms with Gasteiger partial charge in [0.2, 0.25) is 4.77 Å². The third-order valence-corrected chi connectivity index (χ3v) is 2.96. The van der Waals surface area contributed by atoms with Crippen molar-refractivity contribution in [3.8, 4) is 5.69 Å². The SMILES string of the molecule is CN(C)C(=S)Nc1cccc(-n2[nH]nnc2=S)c1. The summed E-state index contributed by atoms with van der Waals surface area (Å²) in [6.07, 6.45) is 0. The number of H-pyrrole nitrogens is 1. The maximum Gasteiger partial charge on any atom is 0.242 e. The Labute approximate surface area is 115 Å². The van der Waals surface area contributed by atoms with Crippen LogP contribution >= 0.6 is 24.4 Å². The molecule has 0 aliphatic carbocycles. The van der Waals surface area contributed by atoms with Gasteiger partial charge >= 0.3 is 0 Å². The third kappa shape index (κ3) is 2.71. The quantitative estimate of drug-likeness (QED) is 0.815. The van der Waals surface area contributed by atoms with Crippen LogP contribution in [-0.2, 0) is 0 Å². The molecule has 0 bridgehead atoms. The van der Waals surface area contributed by atoms with E-state index in [2.05, 4.69) is 20.8 Å². The molecular formula is C10H12N6S2. The van der Waals surface area contributed by atoms with Crippen LogP contribution in [-0.4, -0.2) is 44.3 Å². The molecule has 0 saturated carbocycles. The van der Waals surface area contributed by atoms with Gasteiger partial charge in [0.15, 0.2) is 5.11 Å². The Morgan fingerprint density at radius 3 is 2.83 bits per heavy atom. The highest BCUT2D eigenvalue weighted by atomic mass is 32.1. The average molecular weight is 280 g/mol. The monoisotopic (exact) mass is 280 g/mol. The number of hydrogen-bond donors (Lipinski definition) is 2. The number of rotatable bonds is 2. The van der Waals surface area contributed by atoms with Crippen LogP contribution < -0.4 is 5.32 Å². The Morgan fingerprint density at radius 1 is 1.44 bits per heavy atom. The molecule has 0 fully saturated rings. The molecule has 1 aromatic carbocycles. The van der Waals surface area contributed by atoms with E-state index in [9.17, 15) is 0 Å². The molecule has 0 radical (unpaired) electrons. The molecule has 0 spiro atoms. The van der Waals surface area contributed by atoms with Gasteiger partial charge in [-0.15, -0.1) is 0 Å². The standard InChI is InChI=1S/C10H12N6S2/c1-15(2)9(17)11-7-4-3-5-8(6-7)16-10(18)12-13-14-16/h3-6H,1-2H3,(H,11,17)(H,12,14,18). The van der Waals surface area contributed by atoms with Crippen molar-refractivity contribution in [2.45, 2.75) is 0 Å². The normalized spacial score (nSPS) is 10.1. The molecule has 8 heteroatoms. The van der Waals surface area contributed by atoms with Crippen LogP contribution in [0.2, 0.25) is 0 Å². The molecule has 0 aliphatic rings. The maximum atomic E-state index is 5.18. The number of anilines is 1. The fraction of sp³-hybridized carbons (Fsp3) is 0.200. The molecule has 1 heterocycles. The van der Waals surface area contributed by atoms with Gasteiger partial charge in [-0.3, -0.25) is 0 Å². The van der Waals surface area contributed by atoms with E-state index in [1.807, 2.05) is 43.3 Å². The Balaban J connectivity index is 2.29. The Hall–Kier alpha value is -1.80. The van der Waals surface area contributed by atoms with Crippen LogP contribution in [0.1, 0.15) is 0 Å². The number of aromatic nitrogens is 4. The van der Waals surface area contributed by atoms with Gasteiger partial charge in [0.1, 0.15) is 0 Å². The number of tetrazole rings is 1. The number of thiocarbonyl (C=S) groups is 1. The van der Waals surface area contributed by atoms with Crippen molar-refractivity contribution in [3.05, 3.63) is 29.0 Å². The van der Waals surface area contributed by atoms with Gasteiger partial charge in [0, 0.05) is 19.8 Å². The predicted octanol–water partition coefficient (Wildman–Crippen LogP) is 1.58. The molecule has 94 valence electrons. The van der Waals surface area contributed by atoms with Gasteiger partial charge in [-0.1, -0.05) is 16.4 Å². The Bertz CT molecular complexity index is 615. The minimum Gasteiger partial charge on any atom is -0.355 e. The number of aromatic amines is 1. The minimum atomic E-state index is 0.377. The van der Waals surface area contributed by atoms with Gasteiger partial charge < -0.3 is 10.2 Å². The van der Waals surface area contributed by atoms with Crippen molar-refractivity contribution in [3.63, 3.8) is 0 Å². The fourth-order valence-electron chi connectivity index (χ4n) is 1.32. The summed E-state index contributed by atoms with van der Waals surface area (Å²) in [4.78, 5) is 1.82. The molecule has 0 aliphatic heterocycles. The van der Waals surface area contributed by atoms with E-state index < -0.39 is 0 Å². The zero-order valence-electron chi connectivity index (χ0n) is 9.91. The van der Waals surface area contributed by atoms with Crippen LogP contribution in [0.15, 0.2) is 24.3 Å². The predicted molar refractivity (Wildman–Crippen MR) is 76.5 cm³/mol. The smallest absolute Gasteiger partial charge is 0.242 e. The third-order valence-electron chi connectivity index (χ3n) is 2.23. The number of nitrogens with one attached hydrogen (secondary N) is 2. The van der Waals surface area contributed by atoms with E-state index in [0.29, 0.717) is 9.88 Å². The summed E-state index contributed by atoms with van der Waals surface area (Å²) in [6, 6.07) is 7.64. The second kappa shape index (κ2) is 5.23. The van der Waals surface area contributed by atoms with Gasteiger partial charge in [0.05, 0.1) is 5.69 Å². The number of nitrogens with zero attached hydrogens (tertiary/aromatic N) is 4. The van der Waals surface area contributed by atoms with Crippen LogP contribution in [0, 0.1) is 4.77 Å². The summed E-state index contributed by atoms with van der Waals surface area (Å²) in [5.74, 6) is 0. The lowest BCUT2D eigenvalue weighted by molar-refractivity contribution is 0.634. The lowest BCUT2D eigenvalue weighted by Gasteiger charge is -2.15. The summed E-state index contributed by atoms with van der Waals surface area (Å²) in [7, 11) is 3.77. The first-order chi connectivity index (χ1) is 8.58. The second-order valence-corrected chi connectivity index (χ2v) is 4.54. The van der Waals surface area contributed by atoms with Crippen LogP contribution in [0.5, 0.6) is 0 Å². The van der Waals surface area contributed by atoms with Crippen molar-refractivity contribution in [2.24, 2.45) is 0 Å². The van der Waals surface area contributed by atoms with Crippen LogP contribution in [0.3, 0.4) is 0 Å².